The Morgan fingerprint density at radius 3 is 2.14 bits per heavy atom. The molecule has 0 aliphatic heterocycles. The monoisotopic (exact) mass is 491 g/mol. The number of benzene rings is 4. The topological polar surface area (TPSA) is 75.6 Å². The summed E-state index contributed by atoms with van der Waals surface area (Å²) in [5, 5.41) is 13.0. The first-order chi connectivity index (χ1) is 18.0. The third-order valence-corrected chi connectivity index (χ3v) is 5.88. The zero-order valence-electron chi connectivity index (χ0n) is 20.6. The van der Waals surface area contributed by atoms with Crippen LogP contribution in [0.3, 0.4) is 0 Å². The average Bonchev–Trinajstić information content (AvgIpc) is 2.93. The number of anilines is 1. The summed E-state index contributed by atoms with van der Waals surface area (Å²) in [6.07, 6.45) is 2.33. The van der Waals surface area contributed by atoms with Crippen molar-refractivity contribution in [3.63, 3.8) is 0 Å². The summed E-state index contributed by atoms with van der Waals surface area (Å²) in [4.78, 5) is 25.1. The first-order valence-corrected chi connectivity index (χ1v) is 12.1. The summed E-state index contributed by atoms with van der Waals surface area (Å²) in [5.74, 6) is -0.446. The largest absolute Gasteiger partial charge is 0.489 e. The fraction of sp³-hybridized carbons (Fsp3) is 0.125. The van der Waals surface area contributed by atoms with Gasteiger partial charge in [-0.15, -0.1) is 0 Å². The van der Waals surface area contributed by atoms with Crippen LogP contribution in [-0.4, -0.2) is 29.5 Å². The first-order valence-electron chi connectivity index (χ1n) is 12.1. The number of carbonyl (C=O) groups is 2. The van der Waals surface area contributed by atoms with Crippen LogP contribution in [0.2, 0.25) is 0 Å². The number of carboxylic acid groups (broad SMARTS) is 1. The van der Waals surface area contributed by atoms with E-state index in [4.69, 9.17) is 4.74 Å². The van der Waals surface area contributed by atoms with Crippen LogP contribution in [0.5, 0.6) is 5.75 Å². The molecule has 0 saturated carbocycles. The van der Waals surface area contributed by atoms with Crippen LogP contribution >= 0.6 is 0 Å². The van der Waals surface area contributed by atoms with Crippen molar-refractivity contribution < 1.29 is 19.4 Å². The Morgan fingerprint density at radius 1 is 0.838 bits per heavy atom. The van der Waals surface area contributed by atoms with E-state index in [1.54, 1.807) is 48.5 Å². The van der Waals surface area contributed by atoms with Crippen LogP contribution in [-0.2, 0) is 11.2 Å². The first kappa shape index (κ1) is 25.5. The lowest BCUT2D eigenvalue weighted by atomic mass is 10.00. The predicted molar refractivity (Wildman–Crippen MR) is 147 cm³/mol. The van der Waals surface area contributed by atoms with E-state index >= 15 is 0 Å². The summed E-state index contributed by atoms with van der Waals surface area (Å²) in [6, 6.07) is 32.5. The van der Waals surface area contributed by atoms with Crippen molar-refractivity contribution in [1.82, 2.24) is 0 Å². The highest BCUT2D eigenvalue weighted by molar-refractivity contribution is 6.12. The minimum Gasteiger partial charge on any atom is -0.489 e. The van der Waals surface area contributed by atoms with Crippen molar-refractivity contribution in [2.75, 3.05) is 11.9 Å². The molecule has 5 heteroatoms. The molecular weight excluding hydrogens is 462 g/mol. The molecule has 0 heterocycles. The molecule has 0 unspecified atom stereocenters. The number of hydrogen-bond acceptors (Lipinski definition) is 4. The zero-order chi connectivity index (χ0) is 26.0. The van der Waals surface area contributed by atoms with E-state index in [0.717, 1.165) is 16.7 Å². The predicted octanol–water partition coefficient (Wildman–Crippen LogP) is 6.51. The number of carboxylic acids is 1. The third kappa shape index (κ3) is 7.18. The van der Waals surface area contributed by atoms with Crippen LogP contribution in [0.25, 0.3) is 6.08 Å². The van der Waals surface area contributed by atoms with Gasteiger partial charge in [0.1, 0.15) is 18.4 Å². The van der Waals surface area contributed by atoms with Gasteiger partial charge in [0.15, 0.2) is 5.78 Å². The van der Waals surface area contributed by atoms with Gasteiger partial charge in [0, 0.05) is 23.2 Å². The van der Waals surface area contributed by atoms with Crippen LogP contribution in [0.15, 0.2) is 115 Å². The van der Waals surface area contributed by atoms with Crippen molar-refractivity contribution in [1.29, 1.82) is 0 Å². The number of nitrogens with one attached hydrogen (secondary N) is 1. The highest BCUT2D eigenvalue weighted by atomic mass is 16.5. The van der Waals surface area contributed by atoms with Crippen molar-refractivity contribution >= 4 is 23.5 Å². The molecule has 0 aliphatic rings. The van der Waals surface area contributed by atoms with Gasteiger partial charge in [-0.1, -0.05) is 91.0 Å². The fourth-order valence-electron chi connectivity index (χ4n) is 3.97. The maximum Gasteiger partial charge on any atom is 0.326 e. The van der Waals surface area contributed by atoms with E-state index in [1.807, 2.05) is 67.6 Å². The Kier molecular flexibility index (Phi) is 8.50. The van der Waals surface area contributed by atoms with Gasteiger partial charge in [0.25, 0.3) is 0 Å². The van der Waals surface area contributed by atoms with Gasteiger partial charge in [-0.3, -0.25) is 4.79 Å². The van der Waals surface area contributed by atoms with Gasteiger partial charge in [0.05, 0.1) is 0 Å². The lowest BCUT2D eigenvalue weighted by Gasteiger charge is -2.18. The van der Waals surface area contributed by atoms with Crippen molar-refractivity contribution in [3.05, 3.63) is 137 Å². The molecule has 0 amide bonds. The van der Waals surface area contributed by atoms with E-state index in [9.17, 15) is 14.7 Å². The summed E-state index contributed by atoms with van der Waals surface area (Å²) in [6.45, 7) is 2.48. The van der Waals surface area contributed by atoms with Crippen molar-refractivity contribution in [2.45, 2.75) is 19.4 Å². The maximum absolute atomic E-state index is 13.0. The summed E-state index contributed by atoms with van der Waals surface area (Å²) in [7, 11) is 0. The minimum absolute atomic E-state index is 0.161. The third-order valence-electron chi connectivity index (χ3n) is 5.88. The molecule has 0 bridgehead atoms. The number of aliphatic carboxylic acids is 1. The minimum atomic E-state index is -0.996. The molecular formula is C32H29NO4. The van der Waals surface area contributed by atoms with E-state index in [2.05, 4.69) is 11.4 Å². The molecule has 186 valence electrons. The molecule has 37 heavy (non-hydrogen) atoms. The van der Waals surface area contributed by atoms with E-state index in [-0.39, 0.29) is 12.2 Å². The van der Waals surface area contributed by atoms with E-state index < -0.39 is 12.0 Å². The smallest absolute Gasteiger partial charge is 0.326 e. The highest BCUT2D eigenvalue weighted by Crippen LogP contribution is 2.22. The Hall–Kier alpha value is -4.64. The van der Waals surface area contributed by atoms with Crippen LogP contribution < -0.4 is 10.1 Å². The molecule has 1 atom stereocenters. The number of carbonyl (C=O) groups excluding carboxylic acids is 1. The highest BCUT2D eigenvalue weighted by Gasteiger charge is 2.21. The molecule has 0 aromatic heterocycles. The Bertz CT molecular complexity index is 1360. The van der Waals surface area contributed by atoms with Gasteiger partial charge in [-0.05, 0) is 47.9 Å². The molecule has 4 aromatic carbocycles. The number of hydrogen-bond donors (Lipinski definition) is 2. The van der Waals surface area contributed by atoms with Gasteiger partial charge in [-0.25, -0.2) is 4.79 Å². The lowest BCUT2D eigenvalue weighted by molar-refractivity contribution is -0.137. The summed E-state index contributed by atoms with van der Waals surface area (Å²) >= 11 is 0. The van der Waals surface area contributed by atoms with Gasteiger partial charge in [0.2, 0.25) is 0 Å². The van der Waals surface area contributed by atoms with Crippen LogP contribution in [0, 0.1) is 0 Å². The van der Waals surface area contributed by atoms with E-state index in [0.29, 0.717) is 29.2 Å². The number of para-hydroxylation sites is 1. The van der Waals surface area contributed by atoms with Gasteiger partial charge in [-0.2, -0.15) is 0 Å². The molecule has 0 spiro atoms. The Labute approximate surface area is 217 Å². The molecule has 0 radical (unpaired) electrons. The van der Waals surface area contributed by atoms with Crippen LogP contribution in [0.1, 0.15) is 34.0 Å². The SMILES string of the molecule is C/C(=C\c1ccccc1)COc1ccc(C[C@H](Nc2ccccc2C(=O)c2ccccc2)C(=O)O)cc1. The molecule has 0 aliphatic carbocycles. The lowest BCUT2D eigenvalue weighted by Crippen LogP contribution is -2.32. The second-order valence-electron chi connectivity index (χ2n) is 8.81. The standard InChI is InChI=1S/C32H29NO4/c1-23(20-24-10-4-2-5-11-24)22-37-27-18-16-25(17-19-27)21-30(32(35)36)33-29-15-9-8-14-28(29)31(34)26-12-6-3-7-13-26/h2-20,30,33H,21-22H2,1H3,(H,35,36)/b23-20+/t30-/m0/s1. The van der Waals surface area contributed by atoms with Crippen LogP contribution in [0.4, 0.5) is 5.69 Å². The second kappa shape index (κ2) is 12.4. The maximum atomic E-state index is 13.0. The summed E-state index contributed by atoms with van der Waals surface area (Å²) < 4.78 is 5.89. The Balaban J connectivity index is 1.41. The van der Waals surface area contributed by atoms with Crippen molar-refractivity contribution in [3.8, 4) is 5.75 Å². The molecule has 0 fully saturated rings. The molecule has 2 N–H and O–H groups in total. The molecule has 4 aromatic rings. The van der Waals surface area contributed by atoms with Crippen molar-refractivity contribution in [2.24, 2.45) is 0 Å². The molecule has 5 nitrogen and oxygen atoms in total. The molecule has 4 rings (SSSR count). The normalized spacial score (nSPS) is 12.0. The number of ketones is 1. The second-order valence-corrected chi connectivity index (χ2v) is 8.81. The number of rotatable bonds is 11. The van der Waals surface area contributed by atoms with Gasteiger partial charge < -0.3 is 15.2 Å². The summed E-state index contributed by atoms with van der Waals surface area (Å²) in [5.41, 5.74) is 4.53. The average molecular weight is 492 g/mol. The quantitative estimate of drug-likeness (QED) is 0.234. The van der Waals surface area contributed by atoms with E-state index in [1.165, 1.54) is 0 Å². The molecule has 0 saturated heterocycles. The zero-order valence-corrected chi connectivity index (χ0v) is 20.6. The fourth-order valence-corrected chi connectivity index (χ4v) is 3.97. The number of ether oxygens (including phenoxy) is 1. The Morgan fingerprint density at radius 2 is 1.46 bits per heavy atom. The van der Waals surface area contributed by atoms with Gasteiger partial charge >= 0.3 is 5.97 Å².